The van der Waals surface area contributed by atoms with E-state index in [4.69, 9.17) is 5.73 Å². The van der Waals surface area contributed by atoms with Gasteiger partial charge in [0.15, 0.2) is 0 Å². The zero-order valence-electron chi connectivity index (χ0n) is 14.6. The lowest BCUT2D eigenvalue weighted by Gasteiger charge is -2.40. The molecule has 136 valence electrons. The molecule has 6 nitrogen and oxygen atoms in total. The zero-order valence-corrected chi connectivity index (χ0v) is 14.6. The van der Waals surface area contributed by atoms with Crippen LogP contribution in [0, 0.1) is 0 Å². The summed E-state index contributed by atoms with van der Waals surface area (Å²) in [5.41, 5.74) is 5.98. The predicted octanol–water partition coefficient (Wildman–Crippen LogP) is 1.88. The fourth-order valence-electron chi connectivity index (χ4n) is 4.53. The largest absolute Gasteiger partial charge is 0.338 e. The number of piperidine rings is 1. The van der Waals surface area contributed by atoms with Crippen LogP contribution in [0.2, 0.25) is 0 Å². The molecule has 1 heterocycles. The predicted molar refractivity (Wildman–Crippen MR) is 93.5 cm³/mol. The van der Waals surface area contributed by atoms with E-state index in [2.05, 4.69) is 10.6 Å². The average Bonchev–Trinajstić information content (AvgIpc) is 2.57. The molecule has 3 unspecified atom stereocenters. The number of amides is 3. The molecule has 3 atom stereocenters. The fourth-order valence-corrected chi connectivity index (χ4v) is 4.53. The van der Waals surface area contributed by atoms with Gasteiger partial charge < -0.3 is 21.3 Å². The molecule has 3 fully saturated rings. The lowest BCUT2D eigenvalue weighted by molar-refractivity contribution is -0.138. The topological polar surface area (TPSA) is 87.5 Å². The Hall–Kier alpha value is -1.30. The molecule has 1 saturated heterocycles. The summed E-state index contributed by atoms with van der Waals surface area (Å²) in [6, 6.07) is 0.134. The maximum Gasteiger partial charge on any atom is 0.315 e. The lowest BCUT2D eigenvalue weighted by Crippen LogP contribution is -2.58. The third-order valence-corrected chi connectivity index (χ3v) is 5.84. The summed E-state index contributed by atoms with van der Waals surface area (Å²) in [5.74, 6) is 0.114. The molecule has 0 aromatic heterocycles. The smallest absolute Gasteiger partial charge is 0.315 e. The van der Waals surface area contributed by atoms with Gasteiger partial charge in [-0.05, 0) is 51.4 Å². The molecule has 0 aromatic carbocycles. The summed E-state index contributed by atoms with van der Waals surface area (Å²) < 4.78 is 0. The first-order valence-corrected chi connectivity index (χ1v) is 9.76. The maximum absolute atomic E-state index is 12.8. The van der Waals surface area contributed by atoms with E-state index < -0.39 is 0 Å². The molecule has 2 saturated carbocycles. The molecule has 0 radical (unpaired) electrons. The second-order valence-electron chi connectivity index (χ2n) is 7.76. The standard InChI is InChI=1S/C18H32N4O2/c19-13-6-4-7-14(12-13)20-18(24)21-16-10-5-11-22(17(16)23)15-8-2-1-3-9-15/h13-16H,1-12,19H2,(H2,20,21,24). The second-order valence-corrected chi connectivity index (χ2v) is 7.76. The molecule has 6 heteroatoms. The van der Waals surface area contributed by atoms with Crippen molar-refractivity contribution in [2.24, 2.45) is 5.73 Å². The van der Waals surface area contributed by atoms with Gasteiger partial charge in [-0.1, -0.05) is 19.3 Å². The fraction of sp³-hybridized carbons (Fsp3) is 0.889. The zero-order chi connectivity index (χ0) is 16.9. The minimum absolute atomic E-state index is 0.114. The number of hydrogen-bond acceptors (Lipinski definition) is 3. The van der Waals surface area contributed by atoms with Gasteiger partial charge in [0, 0.05) is 24.7 Å². The van der Waals surface area contributed by atoms with Gasteiger partial charge in [-0.15, -0.1) is 0 Å². The Morgan fingerprint density at radius 3 is 2.50 bits per heavy atom. The van der Waals surface area contributed by atoms with Crippen molar-refractivity contribution in [3.05, 3.63) is 0 Å². The summed E-state index contributed by atoms with van der Waals surface area (Å²) in [5, 5.41) is 5.93. The molecule has 0 spiro atoms. The summed E-state index contributed by atoms with van der Waals surface area (Å²) in [7, 11) is 0. The van der Waals surface area contributed by atoms with Crippen molar-refractivity contribution in [3.63, 3.8) is 0 Å². The SMILES string of the molecule is NC1CCCC(NC(=O)NC2CCCN(C3CCCCC3)C2=O)C1. The molecular formula is C18H32N4O2. The van der Waals surface area contributed by atoms with Crippen LogP contribution in [0.5, 0.6) is 0 Å². The maximum atomic E-state index is 12.8. The van der Waals surface area contributed by atoms with E-state index in [9.17, 15) is 9.59 Å². The van der Waals surface area contributed by atoms with Crippen molar-refractivity contribution >= 4 is 11.9 Å². The number of likely N-dealkylation sites (tertiary alicyclic amines) is 1. The number of nitrogens with two attached hydrogens (primary N) is 1. The lowest BCUT2D eigenvalue weighted by atomic mass is 9.91. The van der Waals surface area contributed by atoms with E-state index in [1.54, 1.807) is 0 Å². The molecule has 3 amide bonds. The highest BCUT2D eigenvalue weighted by Gasteiger charge is 2.34. The van der Waals surface area contributed by atoms with Crippen LogP contribution in [0.25, 0.3) is 0 Å². The number of carbonyl (C=O) groups excluding carboxylic acids is 2. The van der Waals surface area contributed by atoms with Crippen molar-refractivity contribution in [2.75, 3.05) is 6.54 Å². The highest BCUT2D eigenvalue weighted by atomic mass is 16.2. The van der Waals surface area contributed by atoms with Crippen LogP contribution in [-0.4, -0.2) is 47.6 Å². The van der Waals surface area contributed by atoms with E-state index in [0.717, 1.165) is 57.9 Å². The first-order valence-electron chi connectivity index (χ1n) is 9.76. The van der Waals surface area contributed by atoms with Crippen molar-refractivity contribution < 1.29 is 9.59 Å². The van der Waals surface area contributed by atoms with Crippen molar-refractivity contribution in [1.82, 2.24) is 15.5 Å². The Morgan fingerprint density at radius 1 is 0.958 bits per heavy atom. The van der Waals surface area contributed by atoms with E-state index in [-0.39, 0.29) is 30.1 Å². The van der Waals surface area contributed by atoms with E-state index >= 15 is 0 Å². The Bertz CT molecular complexity index is 450. The van der Waals surface area contributed by atoms with Crippen LogP contribution < -0.4 is 16.4 Å². The van der Waals surface area contributed by atoms with Crippen LogP contribution in [0.1, 0.15) is 70.6 Å². The first kappa shape index (κ1) is 17.5. The summed E-state index contributed by atoms with van der Waals surface area (Å²) >= 11 is 0. The van der Waals surface area contributed by atoms with Crippen LogP contribution >= 0.6 is 0 Å². The number of carbonyl (C=O) groups is 2. The average molecular weight is 336 g/mol. The third kappa shape index (κ3) is 4.41. The normalized spacial score (nSPS) is 32.5. The molecule has 4 N–H and O–H groups in total. The van der Waals surface area contributed by atoms with Crippen LogP contribution in [-0.2, 0) is 4.79 Å². The molecular weight excluding hydrogens is 304 g/mol. The van der Waals surface area contributed by atoms with E-state index in [1.165, 1.54) is 19.3 Å². The summed E-state index contributed by atoms with van der Waals surface area (Å²) in [6.07, 6.45) is 11.6. The van der Waals surface area contributed by atoms with Crippen molar-refractivity contribution in [1.29, 1.82) is 0 Å². The summed E-state index contributed by atoms with van der Waals surface area (Å²) in [4.78, 5) is 27.1. The van der Waals surface area contributed by atoms with Crippen LogP contribution in [0.4, 0.5) is 4.79 Å². The van der Waals surface area contributed by atoms with Crippen LogP contribution in [0.3, 0.4) is 0 Å². The number of hydrogen-bond donors (Lipinski definition) is 3. The van der Waals surface area contributed by atoms with Crippen LogP contribution in [0.15, 0.2) is 0 Å². The highest BCUT2D eigenvalue weighted by molar-refractivity contribution is 5.87. The Balaban J connectivity index is 1.50. The van der Waals surface area contributed by atoms with Gasteiger partial charge in [0.1, 0.15) is 6.04 Å². The molecule has 24 heavy (non-hydrogen) atoms. The number of nitrogens with zero attached hydrogens (tertiary/aromatic N) is 1. The van der Waals surface area contributed by atoms with Crippen molar-refractivity contribution in [2.45, 2.75) is 94.8 Å². The molecule has 3 aliphatic rings. The Kier molecular flexibility index (Phi) is 5.98. The minimum atomic E-state index is -0.363. The van der Waals surface area contributed by atoms with Gasteiger partial charge in [-0.2, -0.15) is 0 Å². The quantitative estimate of drug-likeness (QED) is 0.735. The Morgan fingerprint density at radius 2 is 1.75 bits per heavy atom. The van der Waals surface area contributed by atoms with E-state index in [1.807, 2.05) is 4.90 Å². The van der Waals surface area contributed by atoms with E-state index in [0.29, 0.717) is 6.04 Å². The first-order chi connectivity index (χ1) is 11.6. The molecule has 0 aromatic rings. The van der Waals surface area contributed by atoms with Gasteiger partial charge in [0.2, 0.25) is 5.91 Å². The molecule has 3 rings (SSSR count). The molecule has 1 aliphatic heterocycles. The van der Waals surface area contributed by atoms with Gasteiger partial charge in [-0.25, -0.2) is 4.79 Å². The third-order valence-electron chi connectivity index (χ3n) is 5.84. The van der Waals surface area contributed by atoms with Gasteiger partial charge in [0.25, 0.3) is 0 Å². The van der Waals surface area contributed by atoms with Gasteiger partial charge in [0.05, 0.1) is 0 Å². The monoisotopic (exact) mass is 336 g/mol. The minimum Gasteiger partial charge on any atom is -0.338 e. The van der Waals surface area contributed by atoms with Gasteiger partial charge in [-0.3, -0.25) is 4.79 Å². The van der Waals surface area contributed by atoms with Gasteiger partial charge >= 0.3 is 6.03 Å². The number of nitrogens with one attached hydrogen (secondary N) is 2. The highest BCUT2D eigenvalue weighted by Crippen LogP contribution is 2.26. The Labute approximate surface area is 144 Å². The number of urea groups is 1. The number of rotatable bonds is 3. The summed E-state index contributed by atoms with van der Waals surface area (Å²) in [6.45, 7) is 0.848. The molecule has 0 bridgehead atoms. The second kappa shape index (κ2) is 8.19. The van der Waals surface area contributed by atoms with Crippen molar-refractivity contribution in [3.8, 4) is 0 Å². The molecule has 2 aliphatic carbocycles.